The van der Waals surface area contributed by atoms with Crippen molar-refractivity contribution in [2.45, 2.75) is 38.6 Å². The molecule has 0 saturated carbocycles. The van der Waals surface area contributed by atoms with E-state index >= 15 is 0 Å². The number of rotatable bonds is 6. The van der Waals surface area contributed by atoms with E-state index in [0.717, 1.165) is 55.5 Å². The van der Waals surface area contributed by atoms with E-state index in [9.17, 15) is 4.39 Å². The third-order valence-corrected chi connectivity index (χ3v) is 4.38. The molecule has 0 radical (unpaired) electrons. The van der Waals surface area contributed by atoms with Gasteiger partial charge in [0.1, 0.15) is 5.82 Å². The van der Waals surface area contributed by atoms with E-state index in [1.54, 1.807) is 6.07 Å². The van der Waals surface area contributed by atoms with Crippen molar-refractivity contribution in [3.63, 3.8) is 0 Å². The smallest absolute Gasteiger partial charge is 0.129 e. The van der Waals surface area contributed by atoms with Gasteiger partial charge in [-0.05, 0) is 50.3 Å². The van der Waals surface area contributed by atoms with Crippen LogP contribution in [0.15, 0.2) is 22.7 Å². The maximum Gasteiger partial charge on any atom is 0.129 e. The van der Waals surface area contributed by atoms with E-state index in [0.29, 0.717) is 5.92 Å². The van der Waals surface area contributed by atoms with E-state index in [1.165, 1.54) is 0 Å². The van der Waals surface area contributed by atoms with E-state index in [1.807, 2.05) is 12.1 Å². The Kier molecular flexibility index (Phi) is 6.46. The Hall–Kier alpha value is -0.450. The van der Waals surface area contributed by atoms with Gasteiger partial charge in [-0.2, -0.15) is 0 Å². The Bertz CT molecular complexity index is 421. The topological polar surface area (TPSA) is 21.3 Å². The maximum atomic E-state index is 14.2. The summed E-state index contributed by atoms with van der Waals surface area (Å²) in [5.41, 5.74) is 0.785. The molecular formula is C16H23BrFNO. The Labute approximate surface area is 129 Å². The van der Waals surface area contributed by atoms with Gasteiger partial charge in [0.25, 0.3) is 0 Å². The molecule has 1 N–H and O–H groups in total. The van der Waals surface area contributed by atoms with E-state index in [-0.39, 0.29) is 11.9 Å². The van der Waals surface area contributed by atoms with Gasteiger partial charge in [-0.3, -0.25) is 0 Å². The van der Waals surface area contributed by atoms with Gasteiger partial charge < -0.3 is 10.1 Å². The summed E-state index contributed by atoms with van der Waals surface area (Å²) in [6.07, 6.45) is 4.22. The summed E-state index contributed by atoms with van der Waals surface area (Å²) >= 11 is 3.32. The van der Waals surface area contributed by atoms with E-state index in [4.69, 9.17) is 4.74 Å². The molecule has 1 aromatic rings. The molecule has 112 valence electrons. The summed E-state index contributed by atoms with van der Waals surface area (Å²) in [5, 5.41) is 3.50. The normalized spacial score (nSPS) is 18.1. The van der Waals surface area contributed by atoms with Gasteiger partial charge in [-0.15, -0.1) is 0 Å². The molecule has 1 atom stereocenters. The van der Waals surface area contributed by atoms with Crippen molar-refractivity contribution in [3.8, 4) is 0 Å². The van der Waals surface area contributed by atoms with Crippen LogP contribution >= 0.6 is 15.9 Å². The van der Waals surface area contributed by atoms with Crippen LogP contribution in [0.1, 0.15) is 44.2 Å². The number of hydrogen-bond donors (Lipinski definition) is 1. The average molecular weight is 344 g/mol. The average Bonchev–Trinajstić information content (AvgIpc) is 2.45. The number of hydrogen-bond acceptors (Lipinski definition) is 2. The first kappa shape index (κ1) is 15.9. The molecule has 2 nitrogen and oxygen atoms in total. The highest BCUT2D eigenvalue weighted by Crippen LogP contribution is 2.30. The standard InChI is InChI=1S/C16H23BrFNO/c1-2-7-19-16(10-12-5-8-20-9-6-12)14-4-3-13(17)11-15(14)18/h3-4,11-12,16,19H,2,5-10H2,1H3. The zero-order chi connectivity index (χ0) is 14.4. The Morgan fingerprint density at radius 1 is 1.40 bits per heavy atom. The van der Waals surface area contributed by atoms with Gasteiger partial charge >= 0.3 is 0 Å². The molecule has 0 bridgehead atoms. The minimum Gasteiger partial charge on any atom is -0.381 e. The molecule has 0 aliphatic carbocycles. The molecule has 0 spiro atoms. The highest BCUT2D eigenvalue weighted by molar-refractivity contribution is 9.10. The summed E-state index contributed by atoms with van der Waals surface area (Å²) in [5.74, 6) is 0.501. The second kappa shape index (κ2) is 8.11. The van der Waals surface area contributed by atoms with Gasteiger partial charge in [0.15, 0.2) is 0 Å². The van der Waals surface area contributed by atoms with E-state index in [2.05, 4.69) is 28.2 Å². The zero-order valence-corrected chi connectivity index (χ0v) is 13.6. The fourth-order valence-corrected chi connectivity index (χ4v) is 3.07. The first-order valence-corrected chi connectivity index (χ1v) is 8.26. The van der Waals surface area contributed by atoms with Gasteiger partial charge in [-0.25, -0.2) is 4.39 Å². The van der Waals surface area contributed by atoms with Crippen LogP contribution in [0, 0.1) is 11.7 Å². The summed E-state index contributed by atoms with van der Waals surface area (Å²) in [6.45, 7) is 4.74. The molecule has 1 heterocycles. The van der Waals surface area contributed by atoms with Crippen molar-refractivity contribution in [3.05, 3.63) is 34.1 Å². The molecule has 1 aliphatic rings. The quantitative estimate of drug-likeness (QED) is 0.823. The minimum absolute atomic E-state index is 0.103. The Balaban J connectivity index is 2.08. The first-order chi connectivity index (χ1) is 9.70. The van der Waals surface area contributed by atoms with Crippen LogP contribution in [0.2, 0.25) is 0 Å². The lowest BCUT2D eigenvalue weighted by Gasteiger charge is -2.28. The van der Waals surface area contributed by atoms with Crippen molar-refractivity contribution in [2.24, 2.45) is 5.92 Å². The Morgan fingerprint density at radius 2 is 2.15 bits per heavy atom. The van der Waals surface area contributed by atoms with Crippen LogP contribution in [0.4, 0.5) is 4.39 Å². The molecule has 0 amide bonds. The molecule has 0 aromatic heterocycles. The van der Waals surface area contributed by atoms with Crippen LogP contribution in [-0.2, 0) is 4.74 Å². The van der Waals surface area contributed by atoms with Gasteiger partial charge in [0, 0.05) is 29.3 Å². The second-order valence-electron chi connectivity index (χ2n) is 5.46. The summed E-state index contributed by atoms with van der Waals surface area (Å²) < 4.78 is 20.4. The van der Waals surface area contributed by atoms with Crippen molar-refractivity contribution in [1.29, 1.82) is 0 Å². The lowest BCUT2D eigenvalue weighted by molar-refractivity contribution is 0.0604. The molecule has 4 heteroatoms. The summed E-state index contributed by atoms with van der Waals surface area (Å²) in [7, 11) is 0. The van der Waals surface area contributed by atoms with Crippen molar-refractivity contribution in [2.75, 3.05) is 19.8 Å². The fraction of sp³-hybridized carbons (Fsp3) is 0.625. The van der Waals surface area contributed by atoms with Crippen LogP contribution < -0.4 is 5.32 Å². The fourth-order valence-electron chi connectivity index (χ4n) is 2.74. The molecular weight excluding hydrogens is 321 g/mol. The molecule has 20 heavy (non-hydrogen) atoms. The lowest BCUT2D eigenvalue weighted by atomic mass is 9.89. The predicted octanol–water partition coefficient (Wildman–Crippen LogP) is 4.45. The molecule has 1 aromatic carbocycles. The van der Waals surface area contributed by atoms with Crippen LogP contribution in [-0.4, -0.2) is 19.8 Å². The molecule has 1 aliphatic heterocycles. The summed E-state index contributed by atoms with van der Waals surface area (Å²) in [6, 6.07) is 5.47. The molecule has 2 rings (SSSR count). The molecule has 1 fully saturated rings. The Morgan fingerprint density at radius 3 is 2.80 bits per heavy atom. The highest BCUT2D eigenvalue weighted by atomic mass is 79.9. The SMILES string of the molecule is CCCNC(CC1CCOCC1)c1ccc(Br)cc1F. The highest BCUT2D eigenvalue weighted by Gasteiger charge is 2.22. The van der Waals surface area contributed by atoms with Crippen LogP contribution in [0.3, 0.4) is 0 Å². The lowest BCUT2D eigenvalue weighted by Crippen LogP contribution is -2.27. The third-order valence-electron chi connectivity index (χ3n) is 3.89. The monoisotopic (exact) mass is 343 g/mol. The maximum absolute atomic E-state index is 14.2. The second-order valence-corrected chi connectivity index (χ2v) is 6.38. The molecule has 1 saturated heterocycles. The van der Waals surface area contributed by atoms with Crippen molar-refractivity contribution >= 4 is 15.9 Å². The van der Waals surface area contributed by atoms with Gasteiger partial charge in [-0.1, -0.05) is 28.9 Å². The van der Waals surface area contributed by atoms with Crippen molar-refractivity contribution < 1.29 is 9.13 Å². The van der Waals surface area contributed by atoms with Crippen LogP contribution in [0.25, 0.3) is 0 Å². The largest absolute Gasteiger partial charge is 0.381 e. The van der Waals surface area contributed by atoms with Crippen LogP contribution in [0.5, 0.6) is 0 Å². The minimum atomic E-state index is -0.125. The molecule has 1 unspecified atom stereocenters. The van der Waals surface area contributed by atoms with E-state index < -0.39 is 0 Å². The number of ether oxygens (including phenoxy) is 1. The number of halogens is 2. The summed E-state index contributed by atoms with van der Waals surface area (Å²) in [4.78, 5) is 0. The zero-order valence-electron chi connectivity index (χ0n) is 12.0. The van der Waals surface area contributed by atoms with Crippen molar-refractivity contribution in [1.82, 2.24) is 5.32 Å². The number of benzene rings is 1. The third kappa shape index (κ3) is 4.54. The predicted molar refractivity (Wildman–Crippen MR) is 83.3 cm³/mol. The number of nitrogens with one attached hydrogen (secondary N) is 1. The first-order valence-electron chi connectivity index (χ1n) is 7.46. The van der Waals surface area contributed by atoms with Gasteiger partial charge in [0.05, 0.1) is 0 Å². The van der Waals surface area contributed by atoms with Gasteiger partial charge in [0.2, 0.25) is 0 Å².